The van der Waals surface area contributed by atoms with Crippen molar-refractivity contribution >= 4 is 5.91 Å². The van der Waals surface area contributed by atoms with E-state index in [4.69, 9.17) is 0 Å². The molecule has 5 nitrogen and oxygen atoms in total. The lowest BCUT2D eigenvalue weighted by Gasteiger charge is -2.42. The van der Waals surface area contributed by atoms with Crippen LogP contribution >= 0.6 is 0 Å². The predicted octanol–water partition coefficient (Wildman–Crippen LogP) is 2.69. The Labute approximate surface area is 142 Å². The van der Waals surface area contributed by atoms with Crippen LogP contribution in [0, 0.1) is 12.3 Å². The lowest BCUT2D eigenvalue weighted by atomic mass is 9.69. The molecule has 2 aromatic rings. The molecule has 1 aliphatic carbocycles. The number of aliphatic hydroxyl groups excluding tert-OH is 1. The standard InChI is InChI=1S/C19H23N3O2/c1-14-16(11-20-17(21-14)15-7-4-3-5-8-15)18(24)22(2)12-19(13-23)9-6-10-19/h3-5,7-8,11,23H,6,9-10,12-13H2,1-2H3. The summed E-state index contributed by atoms with van der Waals surface area (Å²) in [7, 11) is 1.78. The summed E-state index contributed by atoms with van der Waals surface area (Å²) in [6.45, 7) is 2.54. The molecule has 5 heteroatoms. The molecule has 0 unspecified atom stereocenters. The number of carbonyl (C=O) groups is 1. The first-order valence-electron chi connectivity index (χ1n) is 8.30. The molecule has 1 fully saturated rings. The summed E-state index contributed by atoms with van der Waals surface area (Å²) >= 11 is 0. The Bertz CT molecular complexity index is 721. The van der Waals surface area contributed by atoms with Gasteiger partial charge in [0.1, 0.15) is 0 Å². The molecule has 0 atom stereocenters. The van der Waals surface area contributed by atoms with Gasteiger partial charge < -0.3 is 10.0 Å². The lowest BCUT2D eigenvalue weighted by Crippen LogP contribution is -2.45. The highest BCUT2D eigenvalue weighted by molar-refractivity contribution is 5.95. The maximum Gasteiger partial charge on any atom is 0.257 e. The van der Waals surface area contributed by atoms with Crippen LogP contribution in [0.2, 0.25) is 0 Å². The van der Waals surface area contributed by atoms with Crippen molar-refractivity contribution in [2.45, 2.75) is 26.2 Å². The number of amides is 1. The Morgan fingerprint density at radius 1 is 1.29 bits per heavy atom. The van der Waals surface area contributed by atoms with Gasteiger partial charge in [-0.3, -0.25) is 4.79 Å². The smallest absolute Gasteiger partial charge is 0.257 e. The Morgan fingerprint density at radius 2 is 2.00 bits per heavy atom. The van der Waals surface area contributed by atoms with E-state index in [0.29, 0.717) is 23.6 Å². The maximum atomic E-state index is 12.7. The van der Waals surface area contributed by atoms with Gasteiger partial charge in [0.05, 0.1) is 17.9 Å². The molecule has 126 valence electrons. The van der Waals surface area contributed by atoms with Gasteiger partial charge in [-0.25, -0.2) is 9.97 Å². The van der Waals surface area contributed by atoms with Crippen LogP contribution in [-0.2, 0) is 0 Å². The highest BCUT2D eigenvalue weighted by atomic mass is 16.3. The number of benzene rings is 1. The van der Waals surface area contributed by atoms with E-state index in [2.05, 4.69) is 9.97 Å². The minimum atomic E-state index is -0.122. The fourth-order valence-electron chi connectivity index (χ4n) is 3.23. The van der Waals surface area contributed by atoms with Gasteiger partial charge in [0.2, 0.25) is 0 Å². The zero-order valence-electron chi connectivity index (χ0n) is 14.2. The summed E-state index contributed by atoms with van der Waals surface area (Å²) < 4.78 is 0. The van der Waals surface area contributed by atoms with Crippen molar-refractivity contribution in [2.75, 3.05) is 20.2 Å². The average Bonchev–Trinajstić information content (AvgIpc) is 2.58. The second-order valence-corrected chi connectivity index (χ2v) is 6.73. The molecule has 24 heavy (non-hydrogen) atoms. The third-order valence-electron chi connectivity index (χ3n) is 4.91. The molecule has 1 saturated carbocycles. The van der Waals surface area contributed by atoms with Crippen molar-refractivity contribution in [3.05, 3.63) is 47.8 Å². The van der Waals surface area contributed by atoms with Gasteiger partial charge in [-0.15, -0.1) is 0 Å². The first-order valence-corrected chi connectivity index (χ1v) is 8.30. The Balaban J connectivity index is 1.78. The Hall–Kier alpha value is -2.27. The van der Waals surface area contributed by atoms with Crippen LogP contribution in [0.4, 0.5) is 0 Å². The van der Waals surface area contributed by atoms with E-state index >= 15 is 0 Å². The number of aromatic nitrogens is 2. The van der Waals surface area contributed by atoms with Crippen molar-refractivity contribution in [3.8, 4) is 11.4 Å². The fourth-order valence-corrected chi connectivity index (χ4v) is 3.23. The highest BCUT2D eigenvalue weighted by Gasteiger charge is 2.38. The van der Waals surface area contributed by atoms with Crippen LogP contribution in [0.25, 0.3) is 11.4 Å². The van der Waals surface area contributed by atoms with Gasteiger partial charge in [-0.2, -0.15) is 0 Å². The van der Waals surface area contributed by atoms with Crippen LogP contribution in [0.5, 0.6) is 0 Å². The van der Waals surface area contributed by atoms with E-state index in [9.17, 15) is 9.90 Å². The quantitative estimate of drug-likeness (QED) is 0.918. The Kier molecular flexibility index (Phi) is 4.62. The third kappa shape index (κ3) is 3.17. The zero-order valence-corrected chi connectivity index (χ0v) is 14.2. The highest BCUT2D eigenvalue weighted by Crippen LogP contribution is 2.41. The molecule has 1 aromatic carbocycles. The molecule has 0 spiro atoms. The van der Waals surface area contributed by atoms with Crippen molar-refractivity contribution in [3.63, 3.8) is 0 Å². The molecule has 1 aliphatic rings. The first-order chi connectivity index (χ1) is 11.5. The molecular formula is C19H23N3O2. The van der Waals surface area contributed by atoms with E-state index in [0.717, 1.165) is 24.8 Å². The average molecular weight is 325 g/mol. The van der Waals surface area contributed by atoms with Gasteiger partial charge in [0.25, 0.3) is 5.91 Å². The number of hydrogen-bond acceptors (Lipinski definition) is 4. The zero-order chi connectivity index (χ0) is 17.2. The van der Waals surface area contributed by atoms with Crippen molar-refractivity contribution < 1.29 is 9.90 Å². The minimum Gasteiger partial charge on any atom is -0.396 e. The van der Waals surface area contributed by atoms with Gasteiger partial charge in [-0.05, 0) is 19.8 Å². The molecule has 1 heterocycles. The molecule has 0 aliphatic heterocycles. The summed E-state index contributed by atoms with van der Waals surface area (Å²) in [5.74, 6) is 0.532. The molecule has 0 bridgehead atoms. The third-order valence-corrected chi connectivity index (χ3v) is 4.91. The lowest BCUT2D eigenvalue weighted by molar-refractivity contribution is 0.0146. The van der Waals surface area contributed by atoms with Crippen LogP contribution in [0.1, 0.15) is 35.3 Å². The summed E-state index contributed by atoms with van der Waals surface area (Å²) in [4.78, 5) is 23.2. The van der Waals surface area contributed by atoms with Crippen molar-refractivity contribution in [1.82, 2.24) is 14.9 Å². The van der Waals surface area contributed by atoms with E-state index < -0.39 is 0 Å². The summed E-state index contributed by atoms with van der Waals surface area (Å²) in [6.07, 6.45) is 4.68. The van der Waals surface area contributed by atoms with Crippen LogP contribution in [0.15, 0.2) is 36.5 Å². The van der Waals surface area contributed by atoms with E-state index in [1.54, 1.807) is 18.1 Å². The molecule has 1 aromatic heterocycles. The number of nitrogens with zero attached hydrogens (tertiary/aromatic N) is 3. The monoisotopic (exact) mass is 325 g/mol. The number of aryl methyl sites for hydroxylation is 1. The second kappa shape index (κ2) is 6.69. The van der Waals surface area contributed by atoms with Gasteiger partial charge >= 0.3 is 0 Å². The van der Waals surface area contributed by atoms with Gasteiger partial charge in [0.15, 0.2) is 5.82 Å². The molecule has 1 N–H and O–H groups in total. The molecule has 0 radical (unpaired) electrons. The topological polar surface area (TPSA) is 66.3 Å². The van der Waals surface area contributed by atoms with Crippen molar-refractivity contribution in [2.24, 2.45) is 5.41 Å². The number of hydrogen-bond donors (Lipinski definition) is 1. The molecule has 3 rings (SSSR count). The number of carbonyl (C=O) groups excluding carboxylic acids is 1. The van der Waals surface area contributed by atoms with Crippen molar-refractivity contribution in [1.29, 1.82) is 0 Å². The normalized spacial score (nSPS) is 15.6. The maximum absolute atomic E-state index is 12.7. The van der Waals surface area contributed by atoms with Crippen LogP contribution in [0.3, 0.4) is 0 Å². The molecular weight excluding hydrogens is 302 g/mol. The van der Waals surface area contributed by atoms with Gasteiger partial charge in [-0.1, -0.05) is 36.8 Å². The predicted molar refractivity (Wildman–Crippen MR) is 92.5 cm³/mol. The Morgan fingerprint density at radius 3 is 2.54 bits per heavy atom. The number of rotatable bonds is 5. The van der Waals surface area contributed by atoms with Gasteiger partial charge in [0, 0.05) is 30.8 Å². The van der Waals surface area contributed by atoms with E-state index in [1.165, 1.54) is 0 Å². The van der Waals surface area contributed by atoms with Crippen LogP contribution in [-0.4, -0.2) is 46.1 Å². The SMILES string of the molecule is Cc1nc(-c2ccccc2)ncc1C(=O)N(C)CC1(CO)CCC1. The second-order valence-electron chi connectivity index (χ2n) is 6.73. The summed E-state index contributed by atoms with van der Waals surface area (Å²) in [6, 6.07) is 9.72. The van der Waals surface area contributed by atoms with E-state index in [1.807, 2.05) is 37.3 Å². The minimum absolute atomic E-state index is 0.0909. The number of aliphatic hydroxyl groups is 1. The molecule has 1 amide bonds. The summed E-state index contributed by atoms with van der Waals surface area (Å²) in [5.41, 5.74) is 2.00. The van der Waals surface area contributed by atoms with E-state index in [-0.39, 0.29) is 17.9 Å². The first kappa shape index (κ1) is 16.6. The van der Waals surface area contributed by atoms with Crippen LogP contribution < -0.4 is 0 Å². The molecule has 0 saturated heterocycles. The summed E-state index contributed by atoms with van der Waals surface area (Å²) in [5, 5.41) is 9.59. The largest absolute Gasteiger partial charge is 0.396 e. The fraction of sp³-hybridized carbons (Fsp3) is 0.421.